The minimum atomic E-state index is -0.660. The number of aromatic nitrogens is 4. The molecule has 49 heavy (non-hydrogen) atoms. The number of rotatable bonds is 10. The van der Waals surface area contributed by atoms with Gasteiger partial charge in [-0.3, -0.25) is 4.90 Å². The predicted octanol–water partition coefficient (Wildman–Crippen LogP) is 6.61. The van der Waals surface area contributed by atoms with Gasteiger partial charge >= 0.3 is 6.09 Å². The minimum absolute atomic E-state index is 0.0419. The first-order valence-corrected chi connectivity index (χ1v) is 16.5. The van der Waals surface area contributed by atoms with Crippen LogP contribution in [0.1, 0.15) is 63.2 Å². The Hall–Kier alpha value is -4.84. The van der Waals surface area contributed by atoms with Gasteiger partial charge < -0.3 is 24.0 Å². The van der Waals surface area contributed by atoms with Crippen molar-refractivity contribution in [3.8, 4) is 22.9 Å². The van der Waals surface area contributed by atoms with Crippen LogP contribution in [0.2, 0.25) is 0 Å². The fourth-order valence-corrected chi connectivity index (χ4v) is 5.91. The van der Waals surface area contributed by atoms with E-state index in [1.807, 2.05) is 74.2 Å². The van der Waals surface area contributed by atoms with Crippen LogP contribution in [0.3, 0.4) is 0 Å². The summed E-state index contributed by atoms with van der Waals surface area (Å²) in [5, 5.41) is 0. The topological polar surface area (TPSA) is 106 Å². The SMILES string of the molecule is COc1ccc(CN(Cc2ccc(OC)cc2)c2nc(C)nc(-c3cc([C@@H](C)N4CCN(C(=O)OC(C)(C)C)C[C@H]4C)cnc3F)n2)cc1. The van der Waals surface area contributed by atoms with Crippen molar-refractivity contribution in [2.75, 3.05) is 38.8 Å². The number of pyridine rings is 1. The summed E-state index contributed by atoms with van der Waals surface area (Å²) in [5.41, 5.74) is 2.51. The van der Waals surface area contributed by atoms with Gasteiger partial charge in [0.1, 0.15) is 22.9 Å². The number of nitrogens with zero attached hydrogens (tertiary/aromatic N) is 7. The molecule has 260 valence electrons. The second-order valence-corrected chi connectivity index (χ2v) is 13.4. The maximum absolute atomic E-state index is 15.5. The van der Waals surface area contributed by atoms with E-state index < -0.39 is 11.5 Å². The highest BCUT2D eigenvalue weighted by Crippen LogP contribution is 2.30. The molecule has 1 amide bonds. The molecular formula is C37H46FN7O4. The minimum Gasteiger partial charge on any atom is -0.497 e. The van der Waals surface area contributed by atoms with Crippen LogP contribution in [0, 0.1) is 12.9 Å². The quantitative estimate of drug-likeness (QED) is 0.171. The molecule has 0 N–H and O–H groups in total. The van der Waals surface area contributed by atoms with Crippen molar-refractivity contribution >= 4 is 12.0 Å². The van der Waals surface area contributed by atoms with E-state index in [9.17, 15) is 4.79 Å². The molecule has 0 unspecified atom stereocenters. The summed E-state index contributed by atoms with van der Waals surface area (Å²) >= 11 is 0. The van der Waals surface area contributed by atoms with Gasteiger partial charge in [0.2, 0.25) is 11.9 Å². The lowest BCUT2D eigenvalue weighted by atomic mass is 10.0. The zero-order chi connectivity index (χ0) is 35.3. The van der Waals surface area contributed by atoms with Crippen molar-refractivity contribution in [1.29, 1.82) is 0 Å². The molecule has 3 heterocycles. The summed E-state index contributed by atoms with van der Waals surface area (Å²) in [4.78, 5) is 37.0. The number of hydrogen-bond acceptors (Lipinski definition) is 10. The molecule has 5 rings (SSSR count). The van der Waals surface area contributed by atoms with Crippen LogP contribution < -0.4 is 14.4 Å². The van der Waals surface area contributed by atoms with Gasteiger partial charge in [-0.25, -0.2) is 14.8 Å². The molecule has 1 aliphatic heterocycles. The summed E-state index contributed by atoms with van der Waals surface area (Å²) in [6, 6.07) is 17.4. The smallest absolute Gasteiger partial charge is 0.410 e. The number of hydrogen-bond donors (Lipinski definition) is 0. The van der Waals surface area contributed by atoms with E-state index in [2.05, 4.69) is 28.7 Å². The maximum Gasteiger partial charge on any atom is 0.410 e. The highest BCUT2D eigenvalue weighted by Gasteiger charge is 2.33. The molecule has 1 aliphatic rings. The van der Waals surface area contributed by atoms with Crippen LogP contribution >= 0.6 is 0 Å². The summed E-state index contributed by atoms with van der Waals surface area (Å²) in [6.45, 7) is 14.2. The fraction of sp³-hybridized carbons (Fsp3) is 0.432. The first kappa shape index (κ1) is 35.5. The van der Waals surface area contributed by atoms with Crippen LogP contribution in [0.4, 0.5) is 15.1 Å². The van der Waals surface area contributed by atoms with Gasteiger partial charge in [0, 0.05) is 51.0 Å². The van der Waals surface area contributed by atoms with E-state index in [0.29, 0.717) is 44.5 Å². The molecule has 0 bridgehead atoms. The molecule has 2 atom stereocenters. The number of ether oxygens (including phenoxy) is 3. The molecule has 0 radical (unpaired) electrons. The second kappa shape index (κ2) is 15.1. The molecule has 1 fully saturated rings. The molecule has 0 aliphatic carbocycles. The van der Waals surface area contributed by atoms with E-state index in [-0.39, 0.29) is 29.6 Å². The third-order valence-corrected chi connectivity index (χ3v) is 8.49. The first-order valence-electron chi connectivity index (χ1n) is 16.5. The van der Waals surface area contributed by atoms with E-state index in [4.69, 9.17) is 24.2 Å². The average molecular weight is 672 g/mol. The zero-order valence-electron chi connectivity index (χ0n) is 29.6. The lowest BCUT2D eigenvalue weighted by Crippen LogP contribution is -2.54. The molecule has 4 aromatic rings. The molecular weight excluding hydrogens is 625 g/mol. The van der Waals surface area contributed by atoms with E-state index in [1.165, 1.54) is 0 Å². The molecule has 12 heteroatoms. The molecule has 11 nitrogen and oxygen atoms in total. The van der Waals surface area contributed by atoms with E-state index in [1.54, 1.807) is 38.3 Å². The Labute approximate surface area is 288 Å². The van der Waals surface area contributed by atoms with Crippen LogP contribution in [-0.2, 0) is 17.8 Å². The highest BCUT2D eigenvalue weighted by atomic mass is 19.1. The van der Waals surface area contributed by atoms with Crippen LogP contribution in [-0.4, -0.2) is 81.3 Å². The fourth-order valence-electron chi connectivity index (χ4n) is 5.91. The van der Waals surface area contributed by atoms with Gasteiger partial charge in [-0.05, 0) is 88.6 Å². The van der Waals surface area contributed by atoms with E-state index in [0.717, 1.165) is 28.2 Å². The van der Waals surface area contributed by atoms with E-state index >= 15 is 4.39 Å². The highest BCUT2D eigenvalue weighted by molar-refractivity contribution is 5.68. The lowest BCUT2D eigenvalue weighted by Gasteiger charge is -2.43. The second-order valence-electron chi connectivity index (χ2n) is 13.4. The predicted molar refractivity (Wildman–Crippen MR) is 186 cm³/mol. The normalized spacial score (nSPS) is 15.9. The molecule has 0 saturated carbocycles. The van der Waals surface area contributed by atoms with Gasteiger partial charge in [-0.2, -0.15) is 14.4 Å². The standard InChI is InChI=1S/C37H46FN7O4/c1-24-21-43(36(46)49-37(4,5)6)17-18-45(24)25(2)29-19-32(33(38)39-20-29)34-40-26(3)41-35(42-34)44(22-27-9-13-30(47-7)14-10-27)23-28-11-15-31(48-8)16-12-28/h9-16,19-20,24-25H,17-18,21-23H2,1-8H3/t24-,25-/m1/s1. The summed E-state index contributed by atoms with van der Waals surface area (Å²) < 4.78 is 31.8. The number of amides is 1. The Morgan fingerprint density at radius 3 is 2.08 bits per heavy atom. The third-order valence-electron chi connectivity index (χ3n) is 8.49. The number of anilines is 1. The van der Waals surface area contributed by atoms with Crippen LogP contribution in [0.15, 0.2) is 60.8 Å². The monoisotopic (exact) mass is 671 g/mol. The number of methoxy groups -OCH3 is 2. The van der Waals surface area contributed by atoms with Crippen LogP contribution in [0.25, 0.3) is 11.4 Å². The number of benzene rings is 2. The van der Waals surface area contributed by atoms with Crippen molar-refractivity contribution in [3.05, 3.63) is 89.3 Å². The first-order chi connectivity index (χ1) is 23.3. The van der Waals surface area contributed by atoms with Crippen molar-refractivity contribution < 1.29 is 23.4 Å². The van der Waals surface area contributed by atoms with Crippen molar-refractivity contribution in [3.63, 3.8) is 0 Å². The molecule has 2 aromatic heterocycles. The van der Waals surface area contributed by atoms with Gasteiger partial charge in [0.25, 0.3) is 0 Å². The number of halogens is 1. The van der Waals surface area contributed by atoms with Crippen molar-refractivity contribution in [1.82, 2.24) is 29.7 Å². The van der Waals surface area contributed by atoms with Gasteiger partial charge in [0.15, 0.2) is 5.82 Å². The number of aryl methyl sites for hydroxylation is 1. The summed E-state index contributed by atoms with van der Waals surface area (Å²) in [5.74, 6) is 1.95. The van der Waals surface area contributed by atoms with Gasteiger partial charge in [0.05, 0.1) is 19.8 Å². The Morgan fingerprint density at radius 2 is 1.55 bits per heavy atom. The molecule has 2 aromatic carbocycles. The molecule has 1 saturated heterocycles. The Morgan fingerprint density at radius 1 is 0.959 bits per heavy atom. The Bertz CT molecular complexity index is 1680. The lowest BCUT2D eigenvalue weighted by molar-refractivity contribution is -0.000750. The largest absolute Gasteiger partial charge is 0.497 e. The third kappa shape index (κ3) is 9.00. The zero-order valence-corrected chi connectivity index (χ0v) is 29.6. The number of piperazine rings is 1. The number of carbonyl (C=O) groups is 1. The van der Waals surface area contributed by atoms with Crippen molar-refractivity contribution in [2.45, 2.75) is 72.3 Å². The molecule has 0 spiro atoms. The van der Waals surface area contributed by atoms with Crippen LogP contribution in [0.5, 0.6) is 11.5 Å². The Kier molecular flexibility index (Phi) is 11.0. The van der Waals surface area contributed by atoms with Gasteiger partial charge in [-0.15, -0.1) is 0 Å². The van der Waals surface area contributed by atoms with Gasteiger partial charge in [-0.1, -0.05) is 24.3 Å². The average Bonchev–Trinajstić information content (AvgIpc) is 3.07. The summed E-state index contributed by atoms with van der Waals surface area (Å²) in [6.07, 6.45) is 1.25. The Balaban J connectivity index is 1.42. The van der Waals surface area contributed by atoms with Crippen molar-refractivity contribution in [2.24, 2.45) is 0 Å². The summed E-state index contributed by atoms with van der Waals surface area (Å²) in [7, 11) is 3.27. The maximum atomic E-state index is 15.5. The number of carbonyl (C=O) groups excluding carboxylic acids is 1.